The van der Waals surface area contributed by atoms with Gasteiger partial charge >= 0.3 is 5.97 Å². The Bertz CT molecular complexity index is 638. The topological polar surface area (TPSA) is 46.5 Å². The van der Waals surface area contributed by atoms with Crippen molar-refractivity contribution >= 4 is 29.2 Å². The Morgan fingerprint density at radius 3 is 2.48 bits per heavy atom. The molecular formula is C16H14Cl2O3. The maximum Gasteiger partial charge on any atom is 0.345 e. The summed E-state index contributed by atoms with van der Waals surface area (Å²) in [6.45, 7) is 1.86. The molecule has 0 bridgehead atoms. The molecule has 1 atom stereocenters. The molecule has 0 heterocycles. The minimum atomic E-state index is -1.02. The fourth-order valence-corrected chi connectivity index (χ4v) is 2.25. The van der Waals surface area contributed by atoms with Gasteiger partial charge in [0.15, 0.2) is 6.10 Å². The van der Waals surface area contributed by atoms with Crippen LogP contribution >= 0.6 is 23.2 Å². The molecule has 0 saturated heterocycles. The standard InChI is InChI=1S/C16H14Cl2O3/c1-10-11(3-2-4-14(10)18)9-15(16(19)20)21-13-7-5-12(17)6-8-13/h2-8,15H,9H2,1H3,(H,19,20)/t15-/m0/s1. The zero-order valence-corrected chi connectivity index (χ0v) is 12.9. The number of carbonyl (C=O) groups is 1. The predicted molar refractivity (Wildman–Crippen MR) is 83.4 cm³/mol. The van der Waals surface area contributed by atoms with Crippen LogP contribution in [0.4, 0.5) is 0 Å². The molecule has 0 amide bonds. The lowest BCUT2D eigenvalue weighted by Gasteiger charge is -2.17. The van der Waals surface area contributed by atoms with Crippen LogP contribution in [0.25, 0.3) is 0 Å². The Morgan fingerprint density at radius 2 is 1.86 bits per heavy atom. The van der Waals surface area contributed by atoms with Gasteiger partial charge in [0, 0.05) is 16.5 Å². The first-order valence-corrected chi connectivity index (χ1v) is 7.12. The largest absolute Gasteiger partial charge is 0.478 e. The Labute approximate surface area is 133 Å². The summed E-state index contributed by atoms with van der Waals surface area (Å²) in [6.07, 6.45) is -0.743. The van der Waals surface area contributed by atoms with Crippen LogP contribution in [-0.2, 0) is 11.2 Å². The number of rotatable bonds is 5. The molecule has 0 aromatic heterocycles. The number of hydrogen-bond acceptors (Lipinski definition) is 2. The Hall–Kier alpha value is -1.71. The highest BCUT2D eigenvalue weighted by atomic mass is 35.5. The van der Waals surface area contributed by atoms with Gasteiger partial charge in [0.25, 0.3) is 0 Å². The second-order valence-electron chi connectivity index (χ2n) is 4.63. The van der Waals surface area contributed by atoms with Gasteiger partial charge in [-0.25, -0.2) is 4.79 Å². The first-order valence-electron chi connectivity index (χ1n) is 6.36. The summed E-state index contributed by atoms with van der Waals surface area (Å²) in [4.78, 5) is 11.4. The summed E-state index contributed by atoms with van der Waals surface area (Å²) in [6, 6.07) is 12.0. The minimum Gasteiger partial charge on any atom is -0.478 e. The van der Waals surface area contributed by atoms with Gasteiger partial charge in [0.2, 0.25) is 0 Å². The van der Waals surface area contributed by atoms with E-state index in [2.05, 4.69) is 0 Å². The average molecular weight is 325 g/mol. The number of ether oxygens (including phenoxy) is 1. The number of carboxylic acid groups (broad SMARTS) is 1. The third-order valence-corrected chi connectivity index (χ3v) is 3.81. The maximum absolute atomic E-state index is 11.4. The molecule has 0 fully saturated rings. The molecule has 0 radical (unpaired) electrons. The van der Waals surface area contributed by atoms with E-state index in [9.17, 15) is 9.90 Å². The van der Waals surface area contributed by atoms with Gasteiger partial charge in [0.05, 0.1) is 0 Å². The minimum absolute atomic E-state index is 0.240. The molecule has 0 unspecified atom stereocenters. The Morgan fingerprint density at radius 1 is 1.19 bits per heavy atom. The quantitative estimate of drug-likeness (QED) is 0.887. The van der Waals surface area contributed by atoms with Gasteiger partial charge < -0.3 is 9.84 Å². The number of hydrogen-bond donors (Lipinski definition) is 1. The smallest absolute Gasteiger partial charge is 0.345 e. The van der Waals surface area contributed by atoms with E-state index in [4.69, 9.17) is 27.9 Å². The number of aliphatic carboxylic acids is 1. The predicted octanol–water partition coefficient (Wildman–Crippen LogP) is 4.38. The third-order valence-electron chi connectivity index (χ3n) is 3.15. The van der Waals surface area contributed by atoms with Crippen LogP contribution in [0.15, 0.2) is 42.5 Å². The lowest BCUT2D eigenvalue weighted by molar-refractivity contribution is -0.145. The zero-order valence-electron chi connectivity index (χ0n) is 11.3. The fourth-order valence-electron chi connectivity index (χ4n) is 1.93. The van der Waals surface area contributed by atoms with Crippen molar-refractivity contribution in [1.29, 1.82) is 0 Å². The molecule has 1 N–H and O–H groups in total. The fraction of sp³-hybridized carbons (Fsp3) is 0.188. The molecule has 2 aromatic rings. The Kier molecular flexibility index (Phi) is 5.10. The SMILES string of the molecule is Cc1c(Cl)cccc1C[C@H](Oc1ccc(Cl)cc1)C(=O)O. The lowest BCUT2D eigenvalue weighted by Crippen LogP contribution is -2.29. The van der Waals surface area contributed by atoms with Gasteiger partial charge in [-0.15, -0.1) is 0 Å². The van der Waals surface area contributed by atoms with Gasteiger partial charge in [-0.1, -0.05) is 35.3 Å². The van der Waals surface area contributed by atoms with Crippen LogP contribution in [0.2, 0.25) is 10.0 Å². The number of carboxylic acids is 1. The molecule has 21 heavy (non-hydrogen) atoms. The van der Waals surface area contributed by atoms with Crippen molar-refractivity contribution in [3.05, 3.63) is 63.6 Å². The Balaban J connectivity index is 2.18. The lowest BCUT2D eigenvalue weighted by atomic mass is 10.0. The molecule has 2 rings (SSSR count). The molecule has 0 aliphatic rings. The van der Waals surface area contributed by atoms with Crippen LogP contribution in [0.3, 0.4) is 0 Å². The summed E-state index contributed by atoms with van der Waals surface area (Å²) in [5.41, 5.74) is 1.72. The highest BCUT2D eigenvalue weighted by Gasteiger charge is 2.21. The highest BCUT2D eigenvalue weighted by molar-refractivity contribution is 6.31. The van der Waals surface area contributed by atoms with Crippen molar-refractivity contribution in [3.63, 3.8) is 0 Å². The molecule has 2 aromatic carbocycles. The zero-order chi connectivity index (χ0) is 15.4. The summed E-state index contributed by atoms with van der Waals surface area (Å²) < 4.78 is 5.53. The van der Waals surface area contributed by atoms with E-state index in [1.165, 1.54) is 0 Å². The van der Waals surface area contributed by atoms with Gasteiger partial charge in [-0.3, -0.25) is 0 Å². The van der Waals surface area contributed by atoms with E-state index in [0.29, 0.717) is 15.8 Å². The highest BCUT2D eigenvalue weighted by Crippen LogP contribution is 2.22. The molecule has 3 nitrogen and oxygen atoms in total. The molecule has 110 valence electrons. The summed E-state index contributed by atoms with van der Waals surface area (Å²) >= 11 is 11.8. The van der Waals surface area contributed by atoms with Crippen molar-refractivity contribution in [2.75, 3.05) is 0 Å². The molecular weight excluding hydrogens is 311 g/mol. The van der Waals surface area contributed by atoms with E-state index in [0.717, 1.165) is 11.1 Å². The van der Waals surface area contributed by atoms with Crippen molar-refractivity contribution < 1.29 is 14.6 Å². The first kappa shape index (κ1) is 15.7. The van der Waals surface area contributed by atoms with Crippen LogP contribution in [0.1, 0.15) is 11.1 Å². The summed E-state index contributed by atoms with van der Waals surface area (Å²) in [5, 5.41) is 10.5. The van der Waals surface area contributed by atoms with Crippen molar-refractivity contribution in [3.8, 4) is 5.75 Å². The summed E-state index contributed by atoms with van der Waals surface area (Å²) in [7, 11) is 0. The molecule has 5 heteroatoms. The van der Waals surface area contributed by atoms with Crippen molar-refractivity contribution in [2.45, 2.75) is 19.4 Å². The van der Waals surface area contributed by atoms with Crippen molar-refractivity contribution in [2.24, 2.45) is 0 Å². The molecule has 0 spiro atoms. The van der Waals surface area contributed by atoms with E-state index in [1.54, 1.807) is 36.4 Å². The van der Waals surface area contributed by atoms with E-state index in [-0.39, 0.29) is 6.42 Å². The normalized spacial score (nSPS) is 12.0. The van der Waals surface area contributed by atoms with E-state index >= 15 is 0 Å². The molecule has 0 aliphatic carbocycles. The average Bonchev–Trinajstić information content (AvgIpc) is 2.45. The van der Waals surface area contributed by atoms with Crippen LogP contribution in [0.5, 0.6) is 5.75 Å². The first-order chi connectivity index (χ1) is 9.97. The third kappa shape index (κ3) is 4.13. The maximum atomic E-state index is 11.4. The van der Waals surface area contributed by atoms with E-state index in [1.807, 2.05) is 13.0 Å². The summed E-state index contributed by atoms with van der Waals surface area (Å²) in [5.74, 6) is -0.559. The van der Waals surface area contributed by atoms with Gasteiger partial charge in [-0.2, -0.15) is 0 Å². The molecule has 0 aliphatic heterocycles. The number of halogens is 2. The van der Waals surface area contributed by atoms with Gasteiger partial charge in [0.1, 0.15) is 5.75 Å². The van der Waals surface area contributed by atoms with Crippen LogP contribution in [0, 0.1) is 6.92 Å². The second-order valence-corrected chi connectivity index (χ2v) is 5.47. The van der Waals surface area contributed by atoms with E-state index < -0.39 is 12.1 Å². The van der Waals surface area contributed by atoms with Crippen molar-refractivity contribution in [1.82, 2.24) is 0 Å². The molecule has 0 saturated carbocycles. The second kappa shape index (κ2) is 6.83. The van der Waals surface area contributed by atoms with Crippen LogP contribution in [-0.4, -0.2) is 17.2 Å². The van der Waals surface area contributed by atoms with Gasteiger partial charge in [-0.05, 0) is 48.4 Å². The number of benzene rings is 2. The monoisotopic (exact) mass is 324 g/mol. The van der Waals surface area contributed by atoms with Crippen LogP contribution < -0.4 is 4.74 Å².